The van der Waals surface area contributed by atoms with Crippen LogP contribution in [-0.2, 0) is 6.42 Å². The number of nitrogens with zero attached hydrogens (tertiary/aromatic N) is 3. The van der Waals surface area contributed by atoms with Gasteiger partial charge in [0, 0.05) is 18.5 Å². The molecular formula is C15H28N4. The molecule has 0 bridgehead atoms. The van der Waals surface area contributed by atoms with Crippen LogP contribution >= 0.6 is 0 Å². The molecule has 0 spiro atoms. The molecule has 108 valence electrons. The number of aromatic nitrogens is 3. The first kappa shape index (κ1) is 14.5. The van der Waals surface area contributed by atoms with E-state index in [0.29, 0.717) is 12.1 Å². The Balaban J connectivity index is 1.93. The van der Waals surface area contributed by atoms with E-state index in [0.717, 1.165) is 25.2 Å². The summed E-state index contributed by atoms with van der Waals surface area (Å²) in [7, 11) is 0. The fourth-order valence-electron chi connectivity index (χ4n) is 3.04. The first-order valence-electron chi connectivity index (χ1n) is 7.82. The van der Waals surface area contributed by atoms with E-state index in [9.17, 15) is 0 Å². The quantitative estimate of drug-likeness (QED) is 0.803. The maximum absolute atomic E-state index is 4.39. The van der Waals surface area contributed by atoms with Crippen LogP contribution in [0, 0.1) is 6.92 Å². The summed E-state index contributed by atoms with van der Waals surface area (Å²) in [6.45, 7) is 7.54. The molecule has 2 rings (SSSR count). The van der Waals surface area contributed by atoms with Gasteiger partial charge in [0.15, 0.2) is 0 Å². The van der Waals surface area contributed by atoms with Crippen LogP contribution in [0.2, 0.25) is 0 Å². The molecule has 1 aromatic heterocycles. The predicted octanol–water partition coefficient (Wildman–Crippen LogP) is 3.02. The predicted molar refractivity (Wildman–Crippen MR) is 78.3 cm³/mol. The fraction of sp³-hybridized carbons (Fsp3) is 0.867. The molecule has 1 aliphatic rings. The Morgan fingerprint density at radius 1 is 1.21 bits per heavy atom. The van der Waals surface area contributed by atoms with Crippen molar-refractivity contribution in [2.24, 2.45) is 0 Å². The summed E-state index contributed by atoms with van der Waals surface area (Å²) in [6.07, 6.45) is 8.89. The summed E-state index contributed by atoms with van der Waals surface area (Å²) in [5.74, 6) is 2.29. The van der Waals surface area contributed by atoms with Crippen molar-refractivity contribution in [1.29, 1.82) is 0 Å². The molecule has 0 amide bonds. The standard InChI is InChI=1S/C15H28N4/c1-12(2)16-11-7-10-15-18-17-13(3)19(15)14-8-5-4-6-9-14/h12,14,16H,4-11H2,1-3H3. The van der Waals surface area contributed by atoms with Gasteiger partial charge in [0.05, 0.1) is 0 Å². The van der Waals surface area contributed by atoms with Gasteiger partial charge in [0.25, 0.3) is 0 Å². The molecule has 0 aromatic carbocycles. The van der Waals surface area contributed by atoms with E-state index in [1.807, 2.05) is 0 Å². The third kappa shape index (κ3) is 4.03. The fourth-order valence-corrected chi connectivity index (χ4v) is 3.04. The zero-order valence-electron chi connectivity index (χ0n) is 12.7. The monoisotopic (exact) mass is 264 g/mol. The number of aryl methyl sites for hydroxylation is 2. The molecule has 1 aromatic rings. The number of rotatable bonds is 6. The Kier molecular flexibility index (Phi) is 5.37. The van der Waals surface area contributed by atoms with Crippen molar-refractivity contribution in [1.82, 2.24) is 20.1 Å². The lowest BCUT2D eigenvalue weighted by Crippen LogP contribution is -2.24. The largest absolute Gasteiger partial charge is 0.315 e. The van der Waals surface area contributed by atoms with Crippen LogP contribution in [0.25, 0.3) is 0 Å². The Morgan fingerprint density at radius 2 is 1.95 bits per heavy atom. The summed E-state index contributed by atoms with van der Waals surface area (Å²) < 4.78 is 2.41. The van der Waals surface area contributed by atoms with Crippen molar-refractivity contribution in [3.63, 3.8) is 0 Å². The molecule has 1 heterocycles. The van der Waals surface area contributed by atoms with Crippen LogP contribution in [0.3, 0.4) is 0 Å². The summed E-state index contributed by atoms with van der Waals surface area (Å²) in [5, 5.41) is 12.2. The normalized spacial score (nSPS) is 17.3. The average Bonchev–Trinajstić information content (AvgIpc) is 2.77. The molecule has 0 unspecified atom stereocenters. The first-order chi connectivity index (χ1) is 9.18. The summed E-state index contributed by atoms with van der Waals surface area (Å²) in [5.41, 5.74) is 0. The van der Waals surface area contributed by atoms with Gasteiger partial charge in [0.2, 0.25) is 0 Å². The molecule has 1 aliphatic carbocycles. The lowest BCUT2D eigenvalue weighted by molar-refractivity contribution is 0.340. The van der Waals surface area contributed by atoms with Gasteiger partial charge in [-0.2, -0.15) is 0 Å². The van der Waals surface area contributed by atoms with Crippen LogP contribution in [0.1, 0.15) is 70.1 Å². The third-order valence-electron chi connectivity index (χ3n) is 4.01. The highest BCUT2D eigenvalue weighted by Gasteiger charge is 2.20. The smallest absolute Gasteiger partial charge is 0.133 e. The highest BCUT2D eigenvalue weighted by atomic mass is 15.3. The van der Waals surface area contributed by atoms with Gasteiger partial charge in [-0.3, -0.25) is 0 Å². The topological polar surface area (TPSA) is 42.7 Å². The van der Waals surface area contributed by atoms with Gasteiger partial charge in [-0.15, -0.1) is 10.2 Å². The van der Waals surface area contributed by atoms with E-state index < -0.39 is 0 Å². The molecule has 1 saturated carbocycles. The second kappa shape index (κ2) is 7.04. The van der Waals surface area contributed by atoms with Gasteiger partial charge in [-0.25, -0.2) is 0 Å². The summed E-state index contributed by atoms with van der Waals surface area (Å²) >= 11 is 0. The van der Waals surface area contributed by atoms with Crippen LogP contribution in [0.5, 0.6) is 0 Å². The van der Waals surface area contributed by atoms with Gasteiger partial charge >= 0.3 is 0 Å². The molecule has 0 aliphatic heterocycles. The van der Waals surface area contributed by atoms with Gasteiger partial charge in [0.1, 0.15) is 11.6 Å². The van der Waals surface area contributed by atoms with Crippen molar-refractivity contribution in [2.75, 3.05) is 6.54 Å². The van der Waals surface area contributed by atoms with E-state index in [-0.39, 0.29) is 0 Å². The van der Waals surface area contributed by atoms with Crippen LogP contribution in [0.15, 0.2) is 0 Å². The van der Waals surface area contributed by atoms with Gasteiger partial charge in [-0.05, 0) is 32.7 Å². The molecule has 1 fully saturated rings. The molecule has 0 atom stereocenters. The molecule has 4 nitrogen and oxygen atoms in total. The minimum absolute atomic E-state index is 0.568. The molecule has 0 saturated heterocycles. The molecule has 1 N–H and O–H groups in total. The highest BCUT2D eigenvalue weighted by Crippen LogP contribution is 2.29. The SMILES string of the molecule is Cc1nnc(CCCNC(C)C)n1C1CCCCC1. The van der Waals surface area contributed by atoms with Gasteiger partial charge < -0.3 is 9.88 Å². The maximum atomic E-state index is 4.39. The maximum Gasteiger partial charge on any atom is 0.133 e. The van der Waals surface area contributed by atoms with Crippen molar-refractivity contribution >= 4 is 0 Å². The molecule has 4 heteroatoms. The summed E-state index contributed by atoms with van der Waals surface area (Å²) in [6, 6.07) is 1.22. The van der Waals surface area contributed by atoms with E-state index in [1.54, 1.807) is 0 Å². The zero-order chi connectivity index (χ0) is 13.7. The molecule has 19 heavy (non-hydrogen) atoms. The molecular weight excluding hydrogens is 236 g/mol. The lowest BCUT2D eigenvalue weighted by Gasteiger charge is -2.25. The van der Waals surface area contributed by atoms with Crippen molar-refractivity contribution in [3.05, 3.63) is 11.6 Å². The van der Waals surface area contributed by atoms with E-state index in [1.165, 1.54) is 37.9 Å². The average molecular weight is 264 g/mol. The van der Waals surface area contributed by atoms with Crippen LogP contribution < -0.4 is 5.32 Å². The van der Waals surface area contributed by atoms with Crippen molar-refractivity contribution < 1.29 is 0 Å². The van der Waals surface area contributed by atoms with E-state index >= 15 is 0 Å². The number of hydrogen-bond donors (Lipinski definition) is 1. The van der Waals surface area contributed by atoms with Crippen LogP contribution in [0.4, 0.5) is 0 Å². The lowest BCUT2D eigenvalue weighted by atomic mass is 9.95. The minimum Gasteiger partial charge on any atom is -0.315 e. The zero-order valence-corrected chi connectivity index (χ0v) is 12.7. The van der Waals surface area contributed by atoms with Crippen molar-refractivity contribution in [2.45, 2.75) is 77.8 Å². The highest BCUT2D eigenvalue weighted by molar-refractivity contribution is 4.98. The Bertz CT molecular complexity index is 377. The van der Waals surface area contributed by atoms with E-state index in [2.05, 4.69) is 40.9 Å². The molecule has 0 radical (unpaired) electrons. The first-order valence-corrected chi connectivity index (χ1v) is 7.82. The number of nitrogens with one attached hydrogen (secondary N) is 1. The Labute approximate surface area is 117 Å². The van der Waals surface area contributed by atoms with Crippen molar-refractivity contribution in [3.8, 4) is 0 Å². The second-order valence-electron chi connectivity index (χ2n) is 6.04. The third-order valence-corrected chi connectivity index (χ3v) is 4.01. The van der Waals surface area contributed by atoms with Gasteiger partial charge in [-0.1, -0.05) is 33.1 Å². The number of hydrogen-bond acceptors (Lipinski definition) is 3. The second-order valence-corrected chi connectivity index (χ2v) is 6.04. The summed E-state index contributed by atoms with van der Waals surface area (Å²) in [4.78, 5) is 0. The van der Waals surface area contributed by atoms with E-state index in [4.69, 9.17) is 0 Å². The Hall–Kier alpha value is -0.900. The van der Waals surface area contributed by atoms with Crippen LogP contribution in [-0.4, -0.2) is 27.4 Å². The Morgan fingerprint density at radius 3 is 2.63 bits per heavy atom. The minimum atomic E-state index is 0.568.